The Labute approximate surface area is 91.2 Å². The topological polar surface area (TPSA) is 43.4 Å². The Hall–Kier alpha value is -0.860. The molecule has 1 saturated carbocycles. The van der Waals surface area contributed by atoms with Crippen molar-refractivity contribution in [1.82, 2.24) is 0 Å². The quantitative estimate of drug-likeness (QED) is 0.519. The van der Waals surface area contributed by atoms with Gasteiger partial charge in [-0.2, -0.15) is 0 Å². The van der Waals surface area contributed by atoms with E-state index in [1.165, 1.54) is 6.42 Å². The van der Waals surface area contributed by atoms with Gasteiger partial charge in [-0.1, -0.05) is 20.3 Å². The molecule has 1 fully saturated rings. The lowest BCUT2D eigenvalue weighted by Gasteiger charge is -2.39. The highest BCUT2D eigenvalue weighted by Gasteiger charge is 2.40. The first-order valence-corrected chi connectivity index (χ1v) is 5.67. The first-order valence-electron chi connectivity index (χ1n) is 5.67. The van der Waals surface area contributed by atoms with E-state index in [1.807, 2.05) is 13.8 Å². The molecule has 3 nitrogen and oxygen atoms in total. The molecule has 86 valence electrons. The number of carbonyl (C=O) groups excluding carboxylic acids is 2. The molecule has 1 rings (SSSR count). The van der Waals surface area contributed by atoms with Crippen molar-refractivity contribution in [3.8, 4) is 0 Å². The van der Waals surface area contributed by atoms with E-state index in [4.69, 9.17) is 4.74 Å². The zero-order valence-electron chi connectivity index (χ0n) is 9.84. The molecular formula is C12H20O3. The number of hydrogen-bond donors (Lipinski definition) is 0. The average molecular weight is 212 g/mol. The lowest BCUT2D eigenvalue weighted by atomic mass is 9.65. The van der Waals surface area contributed by atoms with E-state index >= 15 is 0 Å². The summed E-state index contributed by atoms with van der Waals surface area (Å²) in [5.74, 6) is 0.0833. The maximum absolute atomic E-state index is 11.9. The number of ketones is 1. The number of carbonyl (C=O) groups is 2. The van der Waals surface area contributed by atoms with Gasteiger partial charge in [0, 0.05) is 5.41 Å². The molecular weight excluding hydrogens is 192 g/mol. The summed E-state index contributed by atoms with van der Waals surface area (Å²) in [6, 6.07) is 0. The highest BCUT2D eigenvalue weighted by atomic mass is 16.5. The molecule has 0 unspecified atom stereocenters. The number of Topliss-reactive ketones (excluding diaryl/α,β-unsaturated/α-hetero) is 1. The third-order valence-electron chi connectivity index (χ3n) is 3.45. The molecule has 0 spiro atoms. The second-order valence-corrected chi connectivity index (χ2v) is 4.75. The monoisotopic (exact) mass is 212 g/mol. The highest BCUT2D eigenvalue weighted by molar-refractivity contribution is 5.98. The second kappa shape index (κ2) is 4.77. The SMILES string of the molecule is CCOC(=O)CC(=O)C(C)(C)C1CCC1. The smallest absolute Gasteiger partial charge is 0.313 e. The van der Waals surface area contributed by atoms with Crippen LogP contribution in [0.5, 0.6) is 0 Å². The van der Waals surface area contributed by atoms with E-state index in [-0.39, 0.29) is 17.6 Å². The summed E-state index contributed by atoms with van der Waals surface area (Å²) in [6.07, 6.45) is 3.36. The molecule has 0 aromatic heterocycles. The van der Waals surface area contributed by atoms with Crippen molar-refractivity contribution < 1.29 is 14.3 Å². The number of ether oxygens (including phenoxy) is 1. The Morgan fingerprint density at radius 2 is 1.93 bits per heavy atom. The summed E-state index contributed by atoms with van der Waals surface area (Å²) in [5.41, 5.74) is -0.356. The van der Waals surface area contributed by atoms with Crippen LogP contribution in [0.4, 0.5) is 0 Å². The Balaban J connectivity index is 2.47. The van der Waals surface area contributed by atoms with Gasteiger partial charge in [0.05, 0.1) is 6.61 Å². The van der Waals surface area contributed by atoms with E-state index in [1.54, 1.807) is 6.92 Å². The van der Waals surface area contributed by atoms with Crippen LogP contribution in [0.3, 0.4) is 0 Å². The minimum Gasteiger partial charge on any atom is -0.466 e. The maximum atomic E-state index is 11.9. The van der Waals surface area contributed by atoms with Crippen molar-refractivity contribution in [3.05, 3.63) is 0 Å². The van der Waals surface area contributed by atoms with Crippen LogP contribution in [0.15, 0.2) is 0 Å². The van der Waals surface area contributed by atoms with Crippen LogP contribution < -0.4 is 0 Å². The molecule has 0 N–H and O–H groups in total. The Bertz CT molecular complexity index is 252. The van der Waals surface area contributed by atoms with Crippen molar-refractivity contribution in [3.63, 3.8) is 0 Å². The van der Waals surface area contributed by atoms with Gasteiger partial charge in [-0.3, -0.25) is 9.59 Å². The highest BCUT2D eigenvalue weighted by Crippen LogP contribution is 2.42. The van der Waals surface area contributed by atoms with Crippen LogP contribution in [0.25, 0.3) is 0 Å². The summed E-state index contributed by atoms with van der Waals surface area (Å²) < 4.78 is 4.78. The number of rotatable bonds is 5. The van der Waals surface area contributed by atoms with Gasteiger partial charge in [0.1, 0.15) is 12.2 Å². The molecule has 0 heterocycles. The van der Waals surface area contributed by atoms with Crippen LogP contribution in [0.2, 0.25) is 0 Å². The molecule has 0 bridgehead atoms. The Kier molecular flexibility index (Phi) is 3.89. The molecule has 0 amide bonds. The van der Waals surface area contributed by atoms with Crippen LogP contribution in [-0.4, -0.2) is 18.4 Å². The van der Waals surface area contributed by atoms with Crippen molar-refractivity contribution in [2.24, 2.45) is 11.3 Å². The summed E-state index contributed by atoms with van der Waals surface area (Å²) >= 11 is 0. The molecule has 0 saturated heterocycles. The molecule has 1 aliphatic carbocycles. The fourth-order valence-corrected chi connectivity index (χ4v) is 1.93. The zero-order chi connectivity index (χ0) is 11.5. The van der Waals surface area contributed by atoms with Crippen LogP contribution in [0.1, 0.15) is 46.5 Å². The van der Waals surface area contributed by atoms with Gasteiger partial charge in [-0.05, 0) is 25.7 Å². The minimum absolute atomic E-state index is 0.0191. The Morgan fingerprint density at radius 1 is 1.33 bits per heavy atom. The lowest BCUT2D eigenvalue weighted by Crippen LogP contribution is -2.38. The van der Waals surface area contributed by atoms with Crippen molar-refractivity contribution >= 4 is 11.8 Å². The lowest BCUT2D eigenvalue weighted by molar-refractivity contribution is -0.148. The van der Waals surface area contributed by atoms with Crippen LogP contribution >= 0.6 is 0 Å². The first-order chi connectivity index (χ1) is 6.98. The van der Waals surface area contributed by atoms with Gasteiger partial charge in [-0.15, -0.1) is 0 Å². The summed E-state index contributed by atoms with van der Waals surface area (Å²) in [7, 11) is 0. The van der Waals surface area contributed by atoms with Gasteiger partial charge < -0.3 is 4.74 Å². The average Bonchev–Trinajstić information content (AvgIpc) is 1.99. The van der Waals surface area contributed by atoms with Crippen LogP contribution in [-0.2, 0) is 14.3 Å². The predicted octanol–water partition coefficient (Wildman–Crippen LogP) is 2.33. The summed E-state index contributed by atoms with van der Waals surface area (Å²) in [5, 5.41) is 0. The normalized spacial score (nSPS) is 17.0. The number of hydrogen-bond acceptors (Lipinski definition) is 3. The summed E-state index contributed by atoms with van der Waals surface area (Å²) in [6.45, 7) is 5.98. The molecule has 0 atom stereocenters. The second-order valence-electron chi connectivity index (χ2n) is 4.75. The molecule has 1 aliphatic rings. The van der Waals surface area contributed by atoms with E-state index in [9.17, 15) is 9.59 Å². The van der Waals surface area contributed by atoms with Gasteiger partial charge in [0.15, 0.2) is 0 Å². The van der Waals surface area contributed by atoms with Crippen molar-refractivity contribution in [2.45, 2.75) is 46.5 Å². The van der Waals surface area contributed by atoms with Crippen molar-refractivity contribution in [1.29, 1.82) is 0 Å². The largest absolute Gasteiger partial charge is 0.466 e. The van der Waals surface area contributed by atoms with Gasteiger partial charge in [0.2, 0.25) is 0 Å². The van der Waals surface area contributed by atoms with Crippen molar-refractivity contribution in [2.75, 3.05) is 6.61 Å². The Morgan fingerprint density at radius 3 is 2.33 bits per heavy atom. The maximum Gasteiger partial charge on any atom is 0.313 e. The van der Waals surface area contributed by atoms with Gasteiger partial charge >= 0.3 is 5.97 Å². The molecule has 0 aromatic rings. The molecule has 0 aromatic carbocycles. The zero-order valence-corrected chi connectivity index (χ0v) is 9.84. The molecule has 15 heavy (non-hydrogen) atoms. The van der Waals surface area contributed by atoms with Gasteiger partial charge in [-0.25, -0.2) is 0 Å². The molecule has 0 radical (unpaired) electrons. The van der Waals surface area contributed by atoms with Gasteiger partial charge in [0.25, 0.3) is 0 Å². The fraction of sp³-hybridized carbons (Fsp3) is 0.833. The number of esters is 1. The first kappa shape index (κ1) is 12.2. The van der Waals surface area contributed by atoms with E-state index < -0.39 is 5.97 Å². The third-order valence-corrected chi connectivity index (χ3v) is 3.45. The van der Waals surface area contributed by atoms with E-state index in [2.05, 4.69) is 0 Å². The molecule has 0 aliphatic heterocycles. The minimum atomic E-state index is -0.394. The van der Waals surface area contributed by atoms with E-state index in [0.717, 1.165) is 12.8 Å². The fourth-order valence-electron chi connectivity index (χ4n) is 1.93. The summed E-state index contributed by atoms with van der Waals surface area (Å²) in [4.78, 5) is 23.1. The third kappa shape index (κ3) is 2.80. The molecule has 3 heteroatoms. The van der Waals surface area contributed by atoms with E-state index in [0.29, 0.717) is 12.5 Å². The predicted molar refractivity (Wildman–Crippen MR) is 57.4 cm³/mol. The standard InChI is InChI=1S/C12H20O3/c1-4-15-11(14)8-10(13)12(2,3)9-6-5-7-9/h9H,4-8H2,1-3H3. The van der Waals surface area contributed by atoms with Crippen LogP contribution in [0, 0.1) is 11.3 Å².